The zero-order valence-corrected chi connectivity index (χ0v) is 19.5. The first-order chi connectivity index (χ1) is 14.8. The third-order valence-electron chi connectivity index (χ3n) is 5.49. The Morgan fingerprint density at radius 1 is 0.710 bits per heavy atom. The summed E-state index contributed by atoms with van der Waals surface area (Å²) in [5.74, 6) is 0. The van der Waals surface area contributed by atoms with Gasteiger partial charge in [0.1, 0.15) is 0 Å². The van der Waals surface area contributed by atoms with Crippen LogP contribution in [0.3, 0.4) is 0 Å². The fraction of sp³-hybridized carbons (Fsp3) is 0.259. The molecule has 31 heavy (non-hydrogen) atoms. The maximum atomic E-state index is 14.3. The van der Waals surface area contributed by atoms with Gasteiger partial charge in [0.25, 0.3) is 0 Å². The van der Waals surface area contributed by atoms with E-state index in [0.717, 1.165) is 27.8 Å². The summed E-state index contributed by atoms with van der Waals surface area (Å²) in [4.78, 5) is 0. The Morgan fingerprint density at radius 3 is 1.68 bits per heavy atom. The second-order valence-electron chi connectivity index (χ2n) is 9.03. The van der Waals surface area contributed by atoms with Crippen molar-refractivity contribution in [2.75, 3.05) is 13.2 Å². The number of rotatable bonds is 4. The van der Waals surface area contributed by atoms with Crippen molar-refractivity contribution < 1.29 is 13.6 Å². The minimum absolute atomic E-state index is 0.178. The minimum Gasteiger partial charge on any atom is -0.305 e. The molecule has 1 fully saturated rings. The van der Waals surface area contributed by atoms with E-state index in [2.05, 4.69) is 45.0 Å². The van der Waals surface area contributed by atoms with Gasteiger partial charge in [-0.15, -0.1) is 0 Å². The molecule has 160 valence electrons. The zero-order chi connectivity index (χ0) is 22.1. The van der Waals surface area contributed by atoms with Crippen LogP contribution < -0.4 is 0 Å². The molecule has 0 aliphatic carbocycles. The van der Waals surface area contributed by atoms with Crippen LogP contribution >= 0.6 is 7.60 Å². The first-order valence-corrected chi connectivity index (χ1v) is 12.2. The molecule has 0 unspecified atom stereocenters. The van der Waals surface area contributed by atoms with E-state index in [1.165, 1.54) is 5.56 Å². The molecule has 4 rings (SSSR count). The monoisotopic (exact) mass is 432 g/mol. The molecule has 1 aliphatic heterocycles. The smallest absolute Gasteiger partial charge is 0.305 e. The van der Waals surface area contributed by atoms with Crippen molar-refractivity contribution >= 4 is 18.5 Å². The second kappa shape index (κ2) is 8.59. The molecule has 1 saturated heterocycles. The molecule has 3 nitrogen and oxygen atoms in total. The van der Waals surface area contributed by atoms with E-state index in [1.807, 2.05) is 61.5 Å². The number of hydrogen-bond donors (Lipinski definition) is 0. The standard InChI is InChI=1S/C27H29O3P/c1-20-10-14-23(15-11-20)25(22-8-6-5-7-9-22)26(24-16-12-21(2)13-17-24)31(28)29-18-27(3,4)19-30-31/h5-17H,18-19H2,1-4H3/b26-25+. The maximum absolute atomic E-state index is 14.3. The molecule has 0 saturated carbocycles. The lowest BCUT2D eigenvalue weighted by atomic mass is 9.94. The van der Waals surface area contributed by atoms with Gasteiger partial charge in [-0.25, -0.2) is 0 Å². The van der Waals surface area contributed by atoms with E-state index in [9.17, 15) is 4.57 Å². The van der Waals surface area contributed by atoms with Crippen molar-refractivity contribution in [1.82, 2.24) is 0 Å². The molecule has 0 aromatic heterocycles. The molecule has 0 bridgehead atoms. The predicted molar refractivity (Wildman–Crippen MR) is 128 cm³/mol. The van der Waals surface area contributed by atoms with Gasteiger partial charge >= 0.3 is 7.60 Å². The maximum Gasteiger partial charge on any atom is 0.362 e. The van der Waals surface area contributed by atoms with Crippen molar-refractivity contribution in [3.05, 3.63) is 107 Å². The van der Waals surface area contributed by atoms with Gasteiger partial charge in [0.15, 0.2) is 0 Å². The number of aryl methyl sites for hydroxylation is 2. The van der Waals surface area contributed by atoms with E-state index < -0.39 is 7.60 Å². The molecule has 1 aliphatic rings. The molecular formula is C27H29O3P. The first kappa shape index (κ1) is 21.8. The Hall–Kier alpha value is -2.45. The Balaban J connectivity index is 2.02. The highest BCUT2D eigenvalue weighted by molar-refractivity contribution is 7.65. The van der Waals surface area contributed by atoms with Crippen LogP contribution in [0, 0.1) is 19.3 Å². The van der Waals surface area contributed by atoms with Gasteiger partial charge in [-0.1, -0.05) is 104 Å². The average Bonchev–Trinajstić information content (AvgIpc) is 2.77. The fourth-order valence-electron chi connectivity index (χ4n) is 3.64. The van der Waals surface area contributed by atoms with Crippen LogP contribution in [0.25, 0.3) is 10.9 Å². The van der Waals surface area contributed by atoms with Gasteiger partial charge in [0.2, 0.25) is 0 Å². The van der Waals surface area contributed by atoms with E-state index in [1.54, 1.807) is 0 Å². The molecule has 3 aromatic rings. The summed E-state index contributed by atoms with van der Waals surface area (Å²) in [6.45, 7) is 9.00. The quantitative estimate of drug-likeness (QED) is 0.317. The SMILES string of the molecule is Cc1ccc(/C(=C(\c2ccc(C)cc2)P2(=O)OCC(C)(C)CO2)c2ccccc2)cc1. The largest absolute Gasteiger partial charge is 0.362 e. The Labute approximate surface area is 185 Å². The van der Waals surface area contributed by atoms with E-state index in [0.29, 0.717) is 18.5 Å². The Kier molecular flexibility index (Phi) is 6.03. The van der Waals surface area contributed by atoms with Crippen LogP contribution in [0.15, 0.2) is 78.9 Å². The van der Waals surface area contributed by atoms with E-state index in [4.69, 9.17) is 9.05 Å². The van der Waals surface area contributed by atoms with Gasteiger partial charge in [-0.3, -0.25) is 4.57 Å². The summed E-state index contributed by atoms with van der Waals surface area (Å²) in [5, 5.41) is 0.623. The topological polar surface area (TPSA) is 35.5 Å². The fourth-order valence-corrected chi connectivity index (χ4v) is 6.01. The second-order valence-corrected chi connectivity index (χ2v) is 11.0. The first-order valence-electron chi connectivity index (χ1n) is 10.6. The molecule has 0 amide bonds. The van der Waals surface area contributed by atoms with E-state index in [-0.39, 0.29) is 5.41 Å². The highest BCUT2D eigenvalue weighted by atomic mass is 31.2. The van der Waals surface area contributed by atoms with Crippen LogP contribution in [-0.2, 0) is 13.6 Å². The summed E-state index contributed by atoms with van der Waals surface area (Å²) in [5.41, 5.74) is 5.84. The molecular weight excluding hydrogens is 403 g/mol. The van der Waals surface area contributed by atoms with Gasteiger partial charge < -0.3 is 9.05 Å². The molecule has 1 heterocycles. The molecule has 3 aromatic carbocycles. The van der Waals surface area contributed by atoms with Gasteiger partial charge in [0.05, 0.1) is 18.5 Å². The van der Waals surface area contributed by atoms with Crippen molar-refractivity contribution in [2.45, 2.75) is 27.7 Å². The summed E-state index contributed by atoms with van der Waals surface area (Å²) in [7, 11) is -3.56. The van der Waals surface area contributed by atoms with Crippen molar-refractivity contribution in [3.63, 3.8) is 0 Å². The lowest BCUT2D eigenvalue weighted by Gasteiger charge is -2.36. The summed E-state index contributed by atoms with van der Waals surface area (Å²) in [6, 6.07) is 26.5. The third kappa shape index (κ3) is 4.75. The van der Waals surface area contributed by atoms with Gasteiger partial charge in [0, 0.05) is 11.0 Å². The van der Waals surface area contributed by atoms with Crippen LogP contribution in [-0.4, -0.2) is 13.2 Å². The lowest BCUT2D eigenvalue weighted by Crippen LogP contribution is -2.29. The van der Waals surface area contributed by atoms with Crippen LogP contribution in [0.4, 0.5) is 0 Å². The van der Waals surface area contributed by atoms with Crippen molar-refractivity contribution in [1.29, 1.82) is 0 Å². The van der Waals surface area contributed by atoms with Crippen LogP contribution in [0.5, 0.6) is 0 Å². The number of benzene rings is 3. The molecule has 0 atom stereocenters. The average molecular weight is 433 g/mol. The zero-order valence-electron chi connectivity index (χ0n) is 18.6. The van der Waals surface area contributed by atoms with Crippen molar-refractivity contribution in [2.24, 2.45) is 5.41 Å². The van der Waals surface area contributed by atoms with Gasteiger partial charge in [-0.05, 0) is 30.5 Å². The molecule has 4 heteroatoms. The van der Waals surface area contributed by atoms with Crippen LogP contribution in [0.1, 0.15) is 41.7 Å². The molecule has 0 radical (unpaired) electrons. The van der Waals surface area contributed by atoms with E-state index >= 15 is 0 Å². The van der Waals surface area contributed by atoms with Crippen LogP contribution in [0.2, 0.25) is 0 Å². The summed E-state index contributed by atoms with van der Waals surface area (Å²) >= 11 is 0. The summed E-state index contributed by atoms with van der Waals surface area (Å²) < 4.78 is 26.4. The molecule has 0 spiro atoms. The third-order valence-corrected chi connectivity index (χ3v) is 7.46. The lowest BCUT2D eigenvalue weighted by molar-refractivity contribution is 0.0468. The highest BCUT2D eigenvalue weighted by Gasteiger charge is 2.42. The Bertz CT molecular complexity index is 1110. The normalized spacial score (nSPS) is 18.3. The molecule has 0 N–H and O–H groups in total. The summed E-state index contributed by atoms with van der Waals surface area (Å²) in [6.07, 6.45) is 0. The number of hydrogen-bond acceptors (Lipinski definition) is 3. The Morgan fingerprint density at radius 2 is 1.16 bits per heavy atom. The predicted octanol–water partition coefficient (Wildman–Crippen LogP) is 7.49. The van der Waals surface area contributed by atoms with Gasteiger partial charge in [-0.2, -0.15) is 0 Å². The van der Waals surface area contributed by atoms with Crippen molar-refractivity contribution in [3.8, 4) is 0 Å². The highest BCUT2D eigenvalue weighted by Crippen LogP contribution is 2.66. The minimum atomic E-state index is -3.56.